The zero-order valence-corrected chi connectivity index (χ0v) is 27.6. The van der Waals surface area contributed by atoms with Gasteiger partial charge in [-0.3, -0.25) is 9.59 Å². The molecule has 0 N–H and O–H groups in total. The van der Waals surface area contributed by atoms with E-state index in [2.05, 4.69) is 65.8 Å². The van der Waals surface area contributed by atoms with E-state index in [1.54, 1.807) is 0 Å². The van der Waals surface area contributed by atoms with Crippen LogP contribution in [0.15, 0.2) is 24.3 Å². The molecule has 2 aromatic rings. The van der Waals surface area contributed by atoms with Gasteiger partial charge in [0.15, 0.2) is 0 Å². The molecule has 0 amide bonds. The van der Waals surface area contributed by atoms with Crippen LogP contribution in [0.5, 0.6) is 0 Å². The molecule has 3 nitrogen and oxygen atoms in total. The van der Waals surface area contributed by atoms with E-state index in [0.717, 1.165) is 99.3 Å². The predicted molar refractivity (Wildman–Crippen MR) is 173 cm³/mol. The molecule has 0 fully saturated rings. The van der Waals surface area contributed by atoms with Gasteiger partial charge < -0.3 is 4.57 Å². The van der Waals surface area contributed by atoms with Crippen molar-refractivity contribution in [3.8, 4) is 0 Å². The van der Waals surface area contributed by atoms with Crippen molar-refractivity contribution in [2.45, 2.75) is 132 Å². The lowest BCUT2D eigenvalue weighted by molar-refractivity contribution is 0.103. The van der Waals surface area contributed by atoms with Crippen LogP contribution in [0.4, 0.5) is 0 Å². The van der Waals surface area contributed by atoms with Gasteiger partial charge in [0.25, 0.3) is 0 Å². The van der Waals surface area contributed by atoms with Gasteiger partial charge in [0.05, 0.1) is 0 Å². The highest BCUT2D eigenvalue weighted by molar-refractivity contribution is 7.95. The molecule has 40 heavy (non-hydrogen) atoms. The van der Waals surface area contributed by atoms with Crippen molar-refractivity contribution in [1.82, 2.24) is 0 Å². The van der Waals surface area contributed by atoms with Crippen molar-refractivity contribution < 1.29 is 14.2 Å². The second-order valence-corrected chi connectivity index (χ2v) is 14.7. The Balaban J connectivity index is 2.88. The molecule has 0 aliphatic heterocycles. The SMILES string of the molecule is CCCc1cc(CCC)c(C(=O)P(=O)(CC(C)C)C(=O)c2c(CCC)cc(CCC)cc2CCC)c(CCC)c1. The van der Waals surface area contributed by atoms with Crippen molar-refractivity contribution >= 4 is 18.2 Å². The largest absolute Gasteiger partial charge is 0.307 e. The molecule has 0 aliphatic carbocycles. The van der Waals surface area contributed by atoms with E-state index >= 15 is 4.57 Å². The highest BCUT2D eigenvalue weighted by Gasteiger charge is 2.44. The summed E-state index contributed by atoms with van der Waals surface area (Å²) >= 11 is 0. The van der Waals surface area contributed by atoms with E-state index in [0.29, 0.717) is 11.1 Å². The highest BCUT2D eigenvalue weighted by Crippen LogP contribution is 2.55. The maximum atomic E-state index is 15.2. The zero-order valence-electron chi connectivity index (χ0n) is 26.8. The maximum absolute atomic E-state index is 15.2. The Kier molecular flexibility index (Phi) is 14.1. The predicted octanol–water partition coefficient (Wildman–Crippen LogP) is 10.4. The van der Waals surface area contributed by atoms with Gasteiger partial charge in [-0.15, -0.1) is 0 Å². The van der Waals surface area contributed by atoms with Crippen molar-refractivity contribution in [2.75, 3.05) is 6.16 Å². The summed E-state index contributed by atoms with van der Waals surface area (Å²) in [5, 5.41) is 0. The van der Waals surface area contributed by atoms with Crippen molar-refractivity contribution in [1.29, 1.82) is 0 Å². The first kappa shape index (κ1) is 34.2. The summed E-state index contributed by atoms with van der Waals surface area (Å²) in [7, 11) is -3.94. The molecule has 0 unspecified atom stereocenters. The molecular weight excluding hydrogens is 511 g/mol. The van der Waals surface area contributed by atoms with Crippen LogP contribution in [0, 0.1) is 5.92 Å². The van der Waals surface area contributed by atoms with E-state index in [1.165, 1.54) is 11.1 Å². The summed E-state index contributed by atoms with van der Waals surface area (Å²) in [5.41, 5.74) is 6.72. The number of hydrogen-bond donors (Lipinski definition) is 0. The molecule has 222 valence electrons. The van der Waals surface area contributed by atoms with Gasteiger partial charge in [0.1, 0.15) is 0 Å². The second-order valence-electron chi connectivity index (χ2n) is 12.0. The number of aryl methyl sites for hydroxylation is 6. The van der Waals surface area contributed by atoms with E-state index in [-0.39, 0.29) is 12.1 Å². The standard InChI is InChI=1S/C36H55O3P/c1-9-15-27-21-29(17-11-3)33(30(22-27)18-12-4)35(37)40(39,25-26(7)8)36(38)34-31(19-13-5)23-28(16-10-2)24-32(34)20-14-6/h21-24,26H,9-20,25H2,1-8H3. The van der Waals surface area contributed by atoms with Crippen LogP contribution in [-0.4, -0.2) is 17.2 Å². The molecule has 0 saturated heterocycles. The Morgan fingerprint density at radius 2 is 0.825 bits per heavy atom. The van der Waals surface area contributed by atoms with Crippen LogP contribution in [0.1, 0.15) is 148 Å². The van der Waals surface area contributed by atoms with Gasteiger partial charge in [-0.05, 0) is 77.8 Å². The van der Waals surface area contributed by atoms with Gasteiger partial charge in [-0.25, -0.2) is 0 Å². The van der Waals surface area contributed by atoms with Crippen LogP contribution in [0.3, 0.4) is 0 Å². The smallest absolute Gasteiger partial charge is 0.229 e. The van der Waals surface area contributed by atoms with Crippen molar-refractivity contribution in [3.05, 3.63) is 68.8 Å². The minimum atomic E-state index is -3.94. The zero-order chi connectivity index (χ0) is 29.9. The minimum Gasteiger partial charge on any atom is -0.307 e. The first-order valence-corrected chi connectivity index (χ1v) is 18.0. The molecular formula is C36H55O3P. The summed E-state index contributed by atoms with van der Waals surface area (Å²) in [6.45, 7) is 16.7. The van der Waals surface area contributed by atoms with Crippen LogP contribution in [0.2, 0.25) is 0 Å². The van der Waals surface area contributed by atoms with Gasteiger partial charge in [0, 0.05) is 17.3 Å². The number of rotatable bonds is 18. The molecule has 0 radical (unpaired) electrons. The van der Waals surface area contributed by atoms with Crippen LogP contribution in [-0.2, 0) is 43.1 Å². The Bertz CT molecular complexity index is 1050. The molecule has 2 aromatic carbocycles. The van der Waals surface area contributed by atoms with Crippen LogP contribution < -0.4 is 0 Å². The number of carbonyl (C=O) groups is 2. The third-order valence-corrected chi connectivity index (χ3v) is 10.6. The highest BCUT2D eigenvalue weighted by atomic mass is 31.2. The van der Waals surface area contributed by atoms with E-state index in [9.17, 15) is 9.59 Å². The van der Waals surface area contributed by atoms with Gasteiger partial charge in [0.2, 0.25) is 18.2 Å². The van der Waals surface area contributed by atoms with E-state index < -0.39 is 18.2 Å². The topological polar surface area (TPSA) is 51.2 Å². The van der Waals surface area contributed by atoms with Crippen molar-refractivity contribution in [3.63, 3.8) is 0 Å². The molecule has 0 aromatic heterocycles. The molecule has 0 bridgehead atoms. The molecule has 0 saturated carbocycles. The summed E-state index contributed by atoms with van der Waals surface area (Å²) in [6, 6.07) is 8.59. The summed E-state index contributed by atoms with van der Waals surface area (Å²) in [4.78, 5) is 29.4. The average molecular weight is 567 g/mol. The lowest BCUT2D eigenvalue weighted by Crippen LogP contribution is -2.21. The Hall–Kier alpha value is -1.99. The fraction of sp³-hybridized carbons (Fsp3) is 0.611. The quantitative estimate of drug-likeness (QED) is 0.169. The number of carbonyl (C=O) groups excluding carboxylic acids is 2. The number of benzene rings is 2. The minimum absolute atomic E-state index is 0.0361. The molecule has 2 rings (SSSR count). The van der Waals surface area contributed by atoms with Gasteiger partial charge in [-0.2, -0.15) is 0 Å². The molecule has 0 spiro atoms. The summed E-state index contributed by atoms with van der Waals surface area (Å²) in [6.07, 6.45) is 10.7. The first-order chi connectivity index (χ1) is 19.1. The Morgan fingerprint density at radius 3 is 1.05 bits per heavy atom. The third-order valence-electron chi connectivity index (χ3n) is 7.58. The van der Waals surface area contributed by atoms with E-state index in [4.69, 9.17) is 0 Å². The molecule has 0 aliphatic rings. The maximum Gasteiger partial charge on any atom is 0.229 e. The number of hydrogen-bond acceptors (Lipinski definition) is 3. The van der Waals surface area contributed by atoms with E-state index in [1.807, 2.05) is 13.8 Å². The van der Waals surface area contributed by atoms with Gasteiger partial charge >= 0.3 is 0 Å². The van der Waals surface area contributed by atoms with Crippen LogP contribution >= 0.6 is 7.14 Å². The fourth-order valence-corrected chi connectivity index (χ4v) is 8.94. The summed E-state index contributed by atoms with van der Waals surface area (Å²) in [5.74, 6) is -0.0361. The lowest BCUT2D eigenvalue weighted by atomic mass is 9.92. The lowest BCUT2D eigenvalue weighted by Gasteiger charge is -2.25. The normalized spacial score (nSPS) is 11.8. The molecule has 0 heterocycles. The molecule has 4 heteroatoms. The third kappa shape index (κ3) is 8.28. The van der Waals surface area contributed by atoms with Crippen LogP contribution in [0.25, 0.3) is 0 Å². The second kappa shape index (κ2) is 16.5. The molecule has 0 atom stereocenters. The Labute approximate surface area is 245 Å². The average Bonchev–Trinajstić information content (AvgIpc) is 2.89. The fourth-order valence-electron chi connectivity index (χ4n) is 6.09. The monoisotopic (exact) mass is 566 g/mol. The summed E-state index contributed by atoms with van der Waals surface area (Å²) < 4.78 is 15.2. The van der Waals surface area contributed by atoms with Crippen molar-refractivity contribution in [2.24, 2.45) is 5.92 Å². The Morgan fingerprint density at radius 1 is 0.550 bits per heavy atom. The van der Waals surface area contributed by atoms with Gasteiger partial charge in [-0.1, -0.05) is 118 Å². The first-order valence-electron chi connectivity index (χ1n) is 16.1.